The Kier molecular flexibility index (Phi) is 7.90. The van der Waals surface area contributed by atoms with Gasteiger partial charge in [0.2, 0.25) is 6.29 Å². The Labute approximate surface area is 206 Å². The van der Waals surface area contributed by atoms with Crippen LogP contribution in [-0.4, -0.2) is 66.0 Å². The van der Waals surface area contributed by atoms with Crippen LogP contribution in [0.1, 0.15) is 36.7 Å². The molecule has 3 rings (SSSR count). The number of carbonyl (C=O) groups is 2. The zero-order valence-corrected chi connectivity index (χ0v) is 20.3. The third kappa shape index (κ3) is 5.14. The summed E-state index contributed by atoms with van der Waals surface area (Å²) in [5, 5.41) is 21.5. The molecule has 2 heterocycles. The van der Waals surface area contributed by atoms with Gasteiger partial charge in [0.05, 0.1) is 11.0 Å². The highest BCUT2D eigenvalue weighted by molar-refractivity contribution is 6.02. The largest absolute Gasteiger partial charge is 0.506 e. The molecule has 0 saturated carbocycles. The third-order valence-corrected chi connectivity index (χ3v) is 5.67. The normalized spacial score (nSPS) is 23.0. The Balaban J connectivity index is 1.93. The van der Waals surface area contributed by atoms with Crippen molar-refractivity contribution in [2.75, 3.05) is 13.7 Å². The van der Waals surface area contributed by atoms with Crippen molar-refractivity contribution in [1.29, 1.82) is 0 Å². The number of aryl methyl sites for hydroxylation is 1. The van der Waals surface area contributed by atoms with E-state index in [1.54, 1.807) is 20.8 Å². The van der Waals surface area contributed by atoms with Crippen LogP contribution in [-0.2, 0) is 19.0 Å². The van der Waals surface area contributed by atoms with Gasteiger partial charge in [0.15, 0.2) is 18.0 Å². The monoisotopic (exact) mass is 505 g/mol. The molecule has 194 valence electrons. The maximum atomic E-state index is 12.3. The first-order chi connectivity index (χ1) is 16.9. The smallest absolute Gasteiger partial charge is 0.431 e. The average molecular weight is 505 g/mol. The topological polar surface area (TPSA) is 163 Å². The molecule has 0 bridgehead atoms. The van der Waals surface area contributed by atoms with E-state index >= 15 is 0 Å². The number of hydroxylamine groups is 1. The number of hydrogen-bond acceptors (Lipinski definition) is 11. The molecule has 0 radical (unpaired) electrons. The quantitative estimate of drug-likeness (QED) is 0.164. The van der Waals surface area contributed by atoms with Gasteiger partial charge in [-0.25, -0.2) is 9.59 Å². The highest BCUT2D eigenvalue weighted by Crippen LogP contribution is 2.37. The van der Waals surface area contributed by atoms with E-state index in [4.69, 9.17) is 34.6 Å². The van der Waals surface area contributed by atoms with Crippen molar-refractivity contribution in [1.82, 2.24) is 5.48 Å². The Bertz CT molecular complexity index is 1260. The van der Waals surface area contributed by atoms with Crippen molar-refractivity contribution in [3.05, 3.63) is 33.7 Å². The second-order valence-electron chi connectivity index (χ2n) is 8.55. The Hall–Kier alpha value is -3.63. The SMILES string of the molecule is C#CCONC(=O)O[C@H]1[C@@H](O)[C@H](Oc2ccc3c(O)c(C(C)=O)c(=O)oc3c2C)OC(C)(C)[C@@H]1OC. The number of rotatable bonds is 7. The van der Waals surface area contributed by atoms with Crippen LogP contribution in [0.25, 0.3) is 11.0 Å². The number of carbonyl (C=O) groups excluding carboxylic acids is 2. The molecule has 1 saturated heterocycles. The van der Waals surface area contributed by atoms with Gasteiger partial charge in [-0.3, -0.25) is 9.63 Å². The standard InChI is InChI=1S/C24H27NO11/c1-7-10-32-25-23(30)35-19-17(28)22(36-24(4,5)20(19)31-6)33-14-9-8-13-16(27)15(12(3)26)21(29)34-18(13)11(14)2/h1,8-9,17,19-20,22,27-28H,10H2,2-6H3,(H,25,30)/t17-,19+,20-,22-/m1/s1. The van der Waals surface area contributed by atoms with Crippen molar-refractivity contribution in [3.63, 3.8) is 0 Å². The van der Waals surface area contributed by atoms with E-state index < -0.39 is 59.0 Å². The lowest BCUT2D eigenvalue weighted by atomic mass is 9.89. The number of amides is 1. The summed E-state index contributed by atoms with van der Waals surface area (Å²) in [6.45, 7) is 5.80. The predicted molar refractivity (Wildman–Crippen MR) is 123 cm³/mol. The van der Waals surface area contributed by atoms with Gasteiger partial charge in [0, 0.05) is 12.7 Å². The molecule has 12 heteroatoms. The van der Waals surface area contributed by atoms with Gasteiger partial charge in [-0.05, 0) is 39.8 Å². The van der Waals surface area contributed by atoms with Gasteiger partial charge in [-0.1, -0.05) is 5.92 Å². The first-order valence-corrected chi connectivity index (χ1v) is 10.8. The molecule has 36 heavy (non-hydrogen) atoms. The van der Waals surface area contributed by atoms with Crippen LogP contribution in [0, 0.1) is 19.3 Å². The number of aliphatic hydroxyl groups excluding tert-OH is 1. The lowest BCUT2D eigenvalue weighted by Gasteiger charge is -2.47. The summed E-state index contributed by atoms with van der Waals surface area (Å²) in [6, 6.07) is 2.84. The number of nitrogens with one attached hydrogen (secondary N) is 1. The highest BCUT2D eigenvalue weighted by atomic mass is 16.7. The first kappa shape index (κ1) is 27.0. The Morgan fingerprint density at radius 1 is 1.31 bits per heavy atom. The van der Waals surface area contributed by atoms with Crippen molar-refractivity contribution in [3.8, 4) is 23.8 Å². The fourth-order valence-corrected chi connectivity index (χ4v) is 4.02. The Morgan fingerprint density at radius 3 is 2.61 bits per heavy atom. The zero-order chi connectivity index (χ0) is 26.8. The van der Waals surface area contributed by atoms with E-state index in [2.05, 4.69) is 5.92 Å². The second kappa shape index (κ2) is 10.5. The van der Waals surface area contributed by atoms with E-state index in [0.29, 0.717) is 0 Å². The summed E-state index contributed by atoms with van der Waals surface area (Å²) < 4.78 is 27.8. The van der Waals surface area contributed by atoms with Gasteiger partial charge >= 0.3 is 11.7 Å². The summed E-state index contributed by atoms with van der Waals surface area (Å²) in [5.41, 5.74) is -0.295. The Morgan fingerprint density at radius 2 is 2.00 bits per heavy atom. The van der Waals surface area contributed by atoms with E-state index in [9.17, 15) is 24.6 Å². The van der Waals surface area contributed by atoms with E-state index in [-0.39, 0.29) is 28.9 Å². The van der Waals surface area contributed by atoms with E-state index in [1.165, 1.54) is 19.2 Å². The van der Waals surface area contributed by atoms with Gasteiger partial charge < -0.3 is 33.6 Å². The second-order valence-corrected chi connectivity index (χ2v) is 8.55. The summed E-state index contributed by atoms with van der Waals surface area (Å²) in [5.74, 6) is 1.16. The van der Waals surface area contributed by atoms with Crippen LogP contribution in [0.4, 0.5) is 4.79 Å². The van der Waals surface area contributed by atoms with Gasteiger partial charge in [0.25, 0.3) is 0 Å². The zero-order valence-electron chi connectivity index (χ0n) is 20.3. The molecule has 1 fully saturated rings. The number of hydrogen-bond donors (Lipinski definition) is 3. The molecular formula is C24H27NO11. The molecule has 4 atom stereocenters. The summed E-state index contributed by atoms with van der Waals surface area (Å²) >= 11 is 0. The van der Waals surface area contributed by atoms with Crippen LogP contribution in [0.5, 0.6) is 11.5 Å². The number of fused-ring (bicyclic) bond motifs is 1. The molecule has 12 nitrogen and oxygen atoms in total. The molecule has 1 aliphatic rings. The van der Waals surface area contributed by atoms with Crippen LogP contribution in [0.2, 0.25) is 0 Å². The lowest BCUT2D eigenvalue weighted by Crippen LogP contribution is -2.65. The van der Waals surface area contributed by atoms with E-state index in [1.807, 2.05) is 5.48 Å². The lowest BCUT2D eigenvalue weighted by molar-refractivity contribution is -0.305. The fourth-order valence-electron chi connectivity index (χ4n) is 4.02. The van der Waals surface area contributed by atoms with E-state index in [0.717, 1.165) is 6.92 Å². The predicted octanol–water partition coefficient (Wildman–Crippen LogP) is 1.56. The number of Topliss-reactive ketones (excluding diaryl/α,β-unsaturated/α-hetero) is 1. The molecule has 2 aromatic rings. The van der Waals surface area contributed by atoms with Crippen molar-refractivity contribution >= 4 is 22.8 Å². The van der Waals surface area contributed by atoms with Crippen LogP contribution < -0.4 is 15.8 Å². The minimum absolute atomic E-state index is 0.0165. The summed E-state index contributed by atoms with van der Waals surface area (Å²) in [4.78, 5) is 40.9. The van der Waals surface area contributed by atoms with Crippen molar-refractivity contribution in [2.24, 2.45) is 0 Å². The number of aromatic hydroxyl groups is 1. The highest BCUT2D eigenvalue weighted by Gasteiger charge is 2.53. The molecule has 0 spiro atoms. The maximum Gasteiger partial charge on any atom is 0.431 e. The number of terminal acetylenes is 1. The van der Waals surface area contributed by atoms with Crippen LogP contribution in [0.15, 0.2) is 21.3 Å². The fraction of sp³-hybridized carbons (Fsp3) is 0.458. The molecule has 1 amide bonds. The number of ether oxygens (including phenoxy) is 4. The molecule has 1 aromatic heterocycles. The van der Waals surface area contributed by atoms with Gasteiger partial charge in [0.1, 0.15) is 35.4 Å². The molecular weight excluding hydrogens is 478 g/mol. The molecule has 1 aromatic carbocycles. The first-order valence-electron chi connectivity index (χ1n) is 10.8. The number of ketones is 1. The molecule has 1 aliphatic heterocycles. The van der Waals surface area contributed by atoms with Crippen LogP contribution in [0.3, 0.4) is 0 Å². The minimum Gasteiger partial charge on any atom is -0.506 e. The minimum atomic E-state index is -1.53. The molecule has 0 unspecified atom stereocenters. The average Bonchev–Trinajstić information content (AvgIpc) is 2.79. The van der Waals surface area contributed by atoms with Crippen LogP contribution >= 0.6 is 0 Å². The number of aliphatic hydroxyl groups is 1. The van der Waals surface area contributed by atoms with Crippen molar-refractivity contribution in [2.45, 2.75) is 57.9 Å². The van der Waals surface area contributed by atoms with Gasteiger partial charge in [-0.15, -0.1) is 6.42 Å². The summed E-state index contributed by atoms with van der Waals surface area (Å²) in [6.07, 6.45) is -0.996. The maximum absolute atomic E-state index is 12.3. The third-order valence-electron chi connectivity index (χ3n) is 5.67. The molecule has 3 N–H and O–H groups in total. The van der Waals surface area contributed by atoms with Crippen molar-refractivity contribution < 1.29 is 48.0 Å². The van der Waals surface area contributed by atoms with Gasteiger partial charge in [-0.2, -0.15) is 5.48 Å². The molecule has 0 aliphatic carbocycles. The summed E-state index contributed by atoms with van der Waals surface area (Å²) in [7, 11) is 1.37. The number of benzene rings is 1. The number of methoxy groups -OCH3 is 1.